The van der Waals surface area contributed by atoms with Gasteiger partial charge in [-0.3, -0.25) is 4.79 Å². The molecule has 0 spiro atoms. The van der Waals surface area contributed by atoms with Crippen LogP contribution in [0.15, 0.2) is 64.6 Å². The summed E-state index contributed by atoms with van der Waals surface area (Å²) >= 11 is 7.88. The predicted molar refractivity (Wildman–Crippen MR) is 145 cm³/mol. The molecule has 1 aromatic heterocycles. The molecule has 0 saturated carbocycles. The summed E-state index contributed by atoms with van der Waals surface area (Å²) in [5, 5.41) is 6.08. The van der Waals surface area contributed by atoms with Gasteiger partial charge in [0.2, 0.25) is 0 Å². The Morgan fingerprint density at radius 2 is 1.92 bits per heavy atom. The van der Waals surface area contributed by atoms with Gasteiger partial charge in [-0.25, -0.2) is 4.68 Å². The van der Waals surface area contributed by atoms with Crippen molar-refractivity contribution in [2.75, 3.05) is 19.7 Å². The Balaban J connectivity index is 1.50. The van der Waals surface area contributed by atoms with Crippen molar-refractivity contribution < 1.29 is 14.3 Å². The second-order valence-electron chi connectivity index (χ2n) is 8.76. The van der Waals surface area contributed by atoms with Gasteiger partial charge in [-0.2, -0.15) is 10.1 Å². The number of benzene rings is 2. The molecule has 0 unspecified atom stereocenters. The lowest BCUT2D eigenvalue weighted by molar-refractivity contribution is -0.113. The zero-order valence-corrected chi connectivity index (χ0v) is 21.9. The van der Waals surface area contributed by atoms with Crippen LogP contribution in [0.5, 0.6) is 5.75 Å². The van der Waals surface area contributed by atoms with Crippen molar-refractivity contribution in [3.05, 3.63) is 70.2 Å². The molecule has 0 bridgehead atoms. The number of para-hydroxylation sites is 1. The number of amides is 1. The second kappa shape index (κ2) is 10.5. The summed E-state index contributed by atoms with van der Waals surface area (Å²) in [5.74, 6) is 0.379. The van der Waals surface area contributed by atoms with Gasteiger partial charge >= 0.3 is 0 Å². The predicted octanol–water partition coefficient (Wildman–Crippen LogP) is 5.67. The molecule has 186 valence electrons. The molecule has 1 fully saturated rings. The first-order chi connectivity index (χ1) is 17.4. The van der Waals surface area contributed by atoms with E-state index in [1.807, 2.05) is 86.3 Å². The third kappa shape index (κ3) is 5.21. The Bertz CT molecular complexity index is 1330. The Morgan fingerprint density at radius 1 is 1.17 bits per heavy atom. The maximum Gasteiger partial charge on any atom is 0.286 e. The summed E-state index contributed by atoms with van der Waals surface area (Å²) in [6, 6.07) is 15.5. The van der Waals surface area contributed by atoms with Crippen LogP contribution in [0.3, 0.4) is 0 Å². The number of aromatic nitrogens is 2. The molecule has 2 atom stereocenters. The molecule has 0 N–H and O–H groups in total. The number of ether oxygens (including phenoxy) is 2. The van der Waals surface area contributed by atoms with E-state index in [0.29, 0.717) is 41.1 Å². The van der Waals surface area contributed by atoms with E-state index in [4.69, 9.17) is 26.2 Å². The number of carbonyl (C=O) groups is 1. The van der Waals surface area contributed by atoms with E-state index in [-0.39, 0.29) is 18.1 Å². The first-order valence-corrected chi connectivity index (χ1v) is 13.1. The van der Waals surface area contributed by atoms with Gasteiger partial charge < -0.3 is 14.4 Å². The number of morpholine rings is 1. The molecule has 2 aliphatic rings. The molecular formula is C27H27ClN4O3S. The highest BCUT2D eigenvalue weighted by atomic mass is 35.5. The summed E-state index contributed by atoms with van der Waals surface area (Å²) in [5.41, 5.74) is 3.26. The number of rotatable bonds is 5. The fourth-order valence-electron chi connectivity index (χ4n) is 4.36. The molecule has 1 amide bonds. The van der Waals surface area contributed by atoms with Crippen LogP contribution in [-0.2, 0) is 9.53 Å². The van der Waals surface area contributed by atoms with Crippen molar-refractivity contribution in [2.24, 2.45) is 4.99 Å². The molecule has 36 heavy (non-hydrogen) atoms. The molecule has 7 nitrogen and oxygen atoms in total. The average molecular weight is 523 g/mol. The van der Waals surface area contributed by atoms with Crippen molar-refractivity contribution in [1.29, 1.82) is 0 Å². The van der Waals surface area contributed by atoms with Gasteiger partial charge in [0.05, 0.1) is 34.4 Å². The summed E-state index contributed by atoms with van der Waals surface area (Å²) in [6.45, 7) is 7.93. The lowest BCUT2D eigenvalue weighted by Gasteiger charge is -2.35. The summed E-state index contributed by atoms with van der Waals surface area (Å²) in [7, 11) is 0. The number of carbonyl (C=O) groups excluding carboxylic acids is 1. The molecule has 2 aliphatic heterocycles. The highest BCUT2D eigenvalue weighted by molar-refractivity contribution is 8.18. The third-order valence-corrected chi connectivity index (χ3v) is 7.19. The Morgan fingerprint density at radius 3 is 2.61 bits per heavy atom. The van der Waals surface area contributed by atoms with Crippen LogP contribution in [0.1, 0.15) is 26.3 Å². The van der Waals surface area contributed by atoms with Crippen molar-refractivity contribution in [3.63, 3.8) is 0 Å². The first kappa shape index (κ1) is 24.6. The molecule has 3 aromatic rings. The van der Waals surface area contributed by atoms with Crippen LogP contribution in [0, 0.1) is 0 Å². The zero-order chi connectivity index (χ0) is 25.2. The Kier molecular flexibility index (Phi) is 7.18. The van der Waals surface area contributed by atoms with E-state index in [2.05, 4.69) is 9.89 Å². The van der Waals surface area contributed by atoms with Crippen LogP contribution in [-0.4, -0.2) is 57.7 Å². The normalized spacial score (nSPS) is 21.2. The van der Waals surface area contributed by atoms with Crippen molar-refractivity contribution in [1.82, 2.24) is 14.7 Å². The van der Waals surface area contributed by atoms with E-state index in [1.54, 1.807) is 0 Å². The third-order valence-electron chi connectivity index (χ3n) is 5.85. The summed E-state index contributed by atoms with van der Waals surface area (Å²) < 4.78 is 13.2. The second-order valence-corrected chi connectivity index (χ2v) is 10.2. The van der Waals surface area contributed by atoms with Crippen molar-refractivity contribution in [3.8, 4) is 22.7 Å². The van der Waals surface area contributed by atoms with Gasteiger partial charge in [0.1, 0.15) is 11.4 Å². The topological polar surface area (TPSA) is 68.9 Å². The Hall–Kier alpha value is -3.07. The van der Waals surface area contributed by atoms with E-state index >= 15 is 0 Å². The summed E-state index contributed by atoms with van der Waals surface area (Å²) in [6.07, 6.45) is 3.95. The molecule has 0 radical (unpaired) electrons. The lowest BCUT2D eigenvalue weighted by Crippen LogP contribution is -2.47. The van der Waals surface area contributed by atoms with Crippen molar-refractivity contribution in [2.45, 2.75) is 33.0 Å². The highest BCUT2D eigenvalue weighted by Crippen LogP contribution is 2.36. The fourth-order valence-corrected chi connectivity index (χ4v) is 5.52. The van der Waals surface area contributed by atoms with E-state index < -0.39 is 0 Å². The quantitative estimate of drug-likeness (QED) is 0.402. The SMILES string of the molecule is CCOc1ccc(-c2nn(-c3ccccc3)cc2/C=C2\SC(N3C[C@@H](C)O[C@H](C)C3)=NC2=O)cc1Cl. The highest BCUT2D eigenvalue weighted by Gasteiger charge is 2.31. The lowest BCUT2D eigenvalue weighted by atomic mass is 10.1. The standard InChI is InChI=1S/C27H27ClN4O3S/c1-4-34-23-11-10-19(12-22(23)28)25-20(16-32(30-25)21-8-6-5-7-9-21)13-24-26(33)29-27(36-24)31-14-17(2)35-18(3)15-31/h5-13,16-18H,4,14-15H2,1-3H3/b24-13-/t17-,18-/m1/s1. The Labute approximate surface area is 219 Å². The van der Waals surface area contributed by atoms with Crippen LogP contribution >= 0.6 is 23.4 Å². The minimum Gasteiger partial charge on any atom is -0.492 e. The zero-order valence-electron chi connectivity index (χ0n) is 20.3. The van der Waals surface area contributed by atoms with Crippen LogP contribution in [0.2, 0.25) is 5.02 Å². The minimum atomic E-state index is -0.245. The van der Waals surface area contributed by atoms with Gasteiger partial charge in [0, 0.05) is 30.4 Å². The van der Waals surface area contributed by atoms with Gasteiger partial charge in [-0.05, 0) is 68.9 Å². The van der Waals surface area contributed by atoms with Crippen LogP contribution < -0.4 is 4.74 Å². The maximum atomic E-state index is 12.9. The van der Waals surface area contributed by atoms with Gasteiger partial charge in [-0.1, -0.05) is 29.8 Å². The summed E-state index contributed by atoms with van der Waals surface area (Å²) in [4.78, 5) is 19.9. The van der Waals surface area contributed by atoms with Gasteiger partial charge in [-0.15, -0.1) is 0 Å². The van der Waals surface area contributed by atoms with E-state index in [0.717, 1.165) is 22.0 Å². The molecule has 2 aromatic carbocycles. The number of hydrogen-bond acceptors (Lipinski definition) is 6. The van der Waals surface area contributed by atoms with E-state index in [1.165, 1.54) is 11.8 Å². The molecular weight excluding hydrogens is 496 g/mol. The number of nitrogens with zero attached hydrogens (tertiary/aromatic N) is 4. The van der Waals surface area contributed by atoms with Gasteiger partial charge in [0.25, 0.3) is 5.91 Å². The van der Waals surface area contributed by atoms with Crippen molar-refractivity contribution >= 4 is 40.5 Å². The number of thioether (sulfide) groups is 1. The largest absolute Gasteiger partial charge is 0.492 e. The van der Waals surface area contributed by atoms with Crippen LogP contribution in [0.25, 0.3) is 23.0 Å². The average Bonchev–Trinajstić information content (AvgIpc) is 3.44. The molecule has 3 heterocycles. The number of amidine groups is 1. The molecule has 0 aliphatic carbocycles. The molecule has 1 saturated heterocycles. The smallest absolute Gasteiger partial charge is 0.286 e. The fraction of sp³-hybridized carbons (Fsp3) is 0.296. The number of hydrogen-bond donors (Lipinski definition) is 0. The monoisotopic (exact) mass is 522 g/mol. The first-order valence-electron chi connectivity index (χ1n) is 11.9. The minimum absolute atomic E-state index is 0.0836. The number of halogens is 1. The van der Waals surface area contributed by atoms with E-state index in [9.17, 15) is 4.79 Å². The number of aliphatic imine (C=N–C) groups is 1. The maximum absolute atomic E-state index is 12.9. The van der Waals surface area contributed by atoms with Crippen LogP contribution in [0.4, 0.5) is 0 Å². The van der Waals surface area contributed by atoms with Gasteiger partial charge in [0.15, 0.2) is 5.17 Å². The molecule has 5 rings (SSSR count). The molecule has 9 heteroatoms.